The molecule has 0 amide bonds. The predicted molar refractivity (Wildman–Crippen MR) is 105 cm³/mol. The molecule has 0 radical (unpaired) electrons. The van der Waals surface area contributed by atoms with Crippen LogP contribution in [-0.4, -0.2) is 47.0 Å². The molecule has 1 aromatic carbocycles. The van der Waals surface area contributed by atoms with Crippen LogP contribution < -0.4 is 5.32 Å². The first kappa shape index (κ1) is 18.3. The minimum absolute atomic E-state index is 0.633. The fourth-order valence-corrected chi connectivity index (χ4v) is 2.75. The predicted octanol–water partition coefficient (Wildman–Crippen LogP) is 3.85. The van der Waals surface area contributed by atoms with Gasteiger partial charge in [-0.3, -0.25) is 0 Å². The average Bonchev–Trinajstić information content (AvgIpc) is 3.14. The molecule has 0 aliphatic carbocycles. The molecule has 6 heteroatoms. The van der Waals surface area contributed by atoms with Crippen LogP contribution in [0.2, 0.25) is 0 Å². The van der Waals surface area contributed by atoms with Gasteiger partial charge in [-0.25, -0.2) is 15.0 Å². The monoisotopic (exact) mass is 353 g/mol. The highest BCUT2D eigenvalue weighted by Gasteiger charge is 2.11. The largest absolute Gasteiger partial charge is 0.444 e. The van der Waals surface area contributed by atoms with Crippen molar-refractivity contribution in [3.8, 4) is 11.3 Å². The lowest BCUT2D eigenvalue weighted by Crippen LogP contribution is -2.21. The number of fused-ring (bicyclic) bond motifs is 1. The Morgan fingerprint density at radius 2 is 2.04 bits per heavy atom. The Morgan fingerprint density at radius 1 is 1.19 bits per heavy atom. The van der Waals surface area contributed by atoms with E-state index in [1.165, 1.54) is 6.39 Å². The quantitative estimate of drug-likeness (QED) is 0.663. The molecule has 138 valence electrons. The van der Waals surface area contributed by atoms with Crippen molar-refractivity contribution in [2.24, 2.45) is 5.92 Å². The van der Waals surface area contributed by atoms with Gasteiger partial charge in [-0.1, -0.05) is 13.8 Å². The van der Waals surface area contributed by atoms with Crippen molar-refractivity contribution in [3.63, 3.8) is 0 Å². The van der Waals surface area contributed by atoms with Crippen LogP contribution >= 0.6 is 0 Å². The molecule has 6 nitrogen and oxygen atoms in total. The van der Waals surface area contributed by atoms with Gasteiger partial charge in [0.2, 0.25) is 0 Å². The van der Waals surface area contributed by atoms with Gasteiger partial charge in [0.25, 0.3) is 0 Å². The van der Waals surface area contributed by atoms with Crippen molar-refractivity contribution in [3.05, 3.63) is 36.6 Å². The van der Waals surface area contributed by atoms with Crippen LogP contribution in [0.25, 0.3) is 22.2 Å². The van der Waals surface area contributed by atoms with Crippen LogP contribution in [0.15, 0.2) is 35.2 Å². The zero-order valence-corrected chi connectivity index (χ0v) is 16.0. The summed E-state index contributed by atoms with van der Waals surface area (Å²) >= 11 is 0. The molecule has 0 saturated heterocycles. The number of aryl methyl sites for hydroxylation is 1. The second-order valence-electron chi connectivity index (χ2n) is 7.25. The average molecular weight is 353 g/mol. The Hall–Kier alpha value is -2.47. The Balaban J connectivity index is 1.96. The highest BCUT2D eigenvalue weighted by Crippen LogP contribution is 2.27. The molecule has 0 aliphatic rings. The summed E-state index contributed by atoms with van der Waals surface area (Å²) in [5, 5.41) is 4.49. The van der Waals surface area contributed by atoms with Crippen LogP contribution in [0.1, 0.15) is 26.1 Å². The van der Waals surface area contributed by atoms with Crippen LogP contribution in [-0.2, 0) is 6.42 Å². The summed E-state index contributed by atoms with van der Waals surface area (Å²) in [7, 11) is 4.13. The number of anilines is 1. The third-order valence-corrected chi connectivity index (χ3v) is 4.26. The first-order chi connectivity index (χ1) is 12.5. The Morgan fingerprint density at radius 3 is 2.73 bits per heavy atom. The van der Waals surface area contributed by atoms with E-state index in [-0.39, 0.29) is 0 Å². The number of nitrogens with zero attached hydrogens (tertiary/aromatic N) is 4. The fraction of sp³-hybridized carbons (Fsp3) is 0.450. The van der Waals surface area contributed by atoms with E-state index in [1.807, 2.05) is 12.1 Å². The number of nitrogens with one attached hydrogen (secondary N) is 1. The van der Waals surface area contributed by atoms with Gasteiger partial charge in [-0.05, 0) is 44.6 Å². The summed E-state index contributed by atoms with van der Waals surface area (Å²) in [6.07, 6.45) is 5.14. The number of benzene rings is 1. The Bertz CT molecular complexity index is 843. The summed E-state index contributed by atoms with van der Waals surface area (Å²) in [6.45, 7) is 6.21. The summed E-state index contributed by atoms with van der Waals surface area (Å²) in [5.41, 5.74) is 1.93. The zero-order valence-electron chi connectivity index (χ0n) is 16.0. The second kappa shape index (κ2) is 8.27. The first-order valence-electron chi connectivity index (χ1n) is 9.11. The van der Waals surface area contributed by atoms with Gasteiger partial charge in [0, 0.05) is 30.5 Å². The maximum atomic E-state index is 5.43. The molecule has 0 unspecified atom stereocenters. The summed E-state index contributed by atoms with van der Waals surface area (Å²) in [4.78, 5) is 15.7. The number of oxazole rings is 1. The van der Waals surface area contributed by atoms with E-state index in [2.05, 4.69) is 49.2 Å². The molecule has 0 spiro atoms. The lowest BCUT2D eigenvalue weighted by atomic mass is 10.1. The number of likely N-dealkylation sites (N-methyl/N-ethyl adjacent to an activating group) is 1. The maximum Gasteiger partial charge on any atom is 0.181 e. The normalized spacial score (nSPS) is 11.6. The number of hydrogen-bond donors (Lipinski definition) is 1. The van der Waals surface area contributed by atoms with Crippen molar-refractivity contribution >= 4 is 16.7 Å². The Kier molecular flexibility index (Phi) is 5.83. The lowest BCUT2D eigenvalue weighted by molar-refractivity contribution is 0.425. The zero-order chi connectivity index (χ0) is 18.5. The van der Waals surface area contributed by atoms with Gasteiger partial charge in [0.05, 0.1) is 11.7 Å². The minimum atomic E-state index is 0.633. The maximum absolute atomic E-state index is 5.43. The van der Waals surface area contributed by atoms with E-state index >= 15 is 0 Å². The van der Waals surface area contributed by atoms with Gasteiger partial charge < -0.3 is 14.6 Å². The van der Waals surface area contributed by atoms with Crippen molar-refractivity contribution in [1.82, 2.24) is 19.9 Å². The molecule has 0 aliphatic heterocycles. The van der Waals surface area contributed by atoms with Crippen LogP contribution in [0.5, 0.6) is 0 Å². The molecule has 0 saturated carbocycles. The van der Waals surface area contributed by atoms with E-state index in [0.29, 0.717) is 5.92 Å². The SMILES string of the molecule is CC(C)CCc1nc(NCCN(C)C)c2cc(-c3cnco3)ccc2n1. The number of hydrogen-bond acceptors (Lipinski definition) is 6. The molecular formula is C20H27N5O. The molecule has 0 bridgehead atoms. The van der Waals surface area contributed by atoms with Gasteiger partial charge in [-0.2, -0.15) is 0 Å². The van der Waals surface area contributed by atoms with Crippen LogP contribution in [0, 0.1) is 5.92 Å². The summed E-state index contributed by atoms with van der Waals surface area (Å²) in [5.74, 6) is 3.16. The van der Waals surface area contributed by atoms with Gasteiger partial charge in [-0.15, -0.1) is 0 Å². The van der Waals surface area contributed by atoms with Gasteiger partial charge in [0.1, 0.15) is 11.6 Å². The van der Waals surface area contributed by atoms with E-state index in [9.17, 15) is 0 Å². The second-order valence-corrected chi connectivity index (χ2v) is 7.25. The minimum Gasteiger partial charge on any atom is -0.444 e. The smallest absolute Gasteiger partial charge is 0.181 e. The fourth-order valence-electron chi connectivity index (χ4n) is 2.75. The van der Waals surface area contributed by atoms with Gasteiger partial charge in [0.15, 0.2) is 12.2 Å². The molecule has 3 rings (SSSR count). The summed E-state index contributed by atoms with van der Waals surface area (Å²) in [6, 6.07) is 6.12. The summed E-state index contributed by atoms with van der Waals surface area (Å²) < 4.78 is 5.43. The Labute approximate surface area is 154 Å². The topological polar surface area (TPSA) is 67.1 Å². The van der Waals surface area contributed by atoms with Gasteiger partial charge >= 0.3 is 0 Å². The lowest BCUT2D eigenvalue weighted by Gasteiger charge is -2.14. The molecule has 0 atom stereocenters. The van der Waals surface area contributed by atoms with E-state index in [1.54, 1.807) is 6.20 Å². The van der Waals surface area contributed by atoms with Crippen molar-refractivity contribution in [1.29, 1.82) is 0 Å². The number of rotatable bonds is 8. The van der Waals surface area contributed by atoms with Crippen LogP contribution in [0.3, 0.4) is 0 Å². The molecule has 1 N–H and O–H groups in total. The molecule has 2 heterocycles. The third-order valence-electron chi connectivity index (χ3n) is 4.26. The molecule has 26 heavy (non-hydrogen) atoms. The highest BCUT2D eigenvalue weighted by molar-refractivity contribution is 5.92. The molecule has 3 aromatic rings. The molecule has 2 aromatic heterocycles. The third kappa shape index (κ3) is 4.58. The van der Waals surface area contributed by atoms with E-state index in [4.69, 9.17) is 14.4 Å². The van der Waals surface area contributed by atoms with E-state index in [0.717, 1.165) is 59.8 Å². The standard InChI is InChI=1S/C20H27N5O/c1-14(2)5-8-19-23-17-7-6-15(18-12-21-13-26-18)11-16(17)20(24-19)22-9-10-25(3)4/h6-7,11-14H,5,8-10H2,1-4H3,(H,22,23,24). The first-order valence-corrected chi connectivity index (χ1v) is 9.11. The van der Waals surface area contributed by atoms with Crippen molar-refractivity contribution in [2.45, 2.75) is 26.7 Å². The van der Waals surface area contributed by atoms with Crippen LogP contribution in [0.4, 0.5) is 5.82 Å². The van der Waals surface area contributed by atoms with Crippen molar-refractivity contribution < 1.29 is 4.42 Å². The highest BCUT2D eigenvalue weighted by atomic mass is 16.3. The molecular weight excluding hydrogens is 326 g/mol. The van der Waals surface area contributed by atoms with Crippen molar-refractivity contribution in [2.75, 3.05) is 32.5 Å². The molecule has 0 fully saturated rings. The van der Waals surface area contributed by atoms with E-state index < -0.39 is 0 Å². The number of aromatic nitrogens is 3.